The third-order valence-corrected chi connectivity index (χ3v) is 4.23. The van der Waals surface area contributed by atoms with Crippen molar-refractivity contribution in [1.82, 2.24) is 4.98 Å². The van der Waals surface area contributed by atoms with E-state index in [1.54, 1.807) is 11.3 Å². The third-order valence-electron chi connectivity index (χ3n) is 3.26. The summed E-state index contributed by atoms with van der Waals surface area (Å²) in [5.74, 6) is 1.38. The number of rotatable bonds is 4. The number of hydrogen-bond acceptors (Lipinski definition) is 3. The molecule has 0 aliphatic carbocycles. The lowest BCUT2D eigenvalue weighted by Crippen LogP contribution is -2.15. The molecule has 1 aromatic carbocycles. The van der Waals surface area contributed by atoms with Gasteiger partial charge in [0.1, 0.15) is 0 Å². The molecular formula is C14H20N2S. The first-order valence-electron chi connectivity index (χ1n) is 6.17. The highest BCUT2D eigenvalue weighted by atomic mass is 32.1. The van der Waals surface area contributed by atoms with Crippen molar-refractivity contribution in [2.45, 2.75) is 27.7 Å². The summed E-state index contributed by atoms with van der Waals surface area (Å²) in [7, 11) is 0. The minimum atomic E-state index is 0.670. The number of aromatic nitrogens is 1. The normalized spacial score (nSPS) is 13.2. The third kappa shape index (κ3) is 2.97. The van der Waals surface area contributed by atoms with Crippen molar-refractivity contribution in [3.8, 4) is 0 Å². The van der Waals surface area contributed by atoms with Crippen LogP contribution < -0.4 is 5.32 Å². The van der Waals surface area contributed by atoms with E-state index in [1.165, 1.54) is 10.3 Å². The number of fused-ring (bicyclic) bond motifs is 1. The Hall–Kier alpha value is -1.09. The number of nitrogens with zero attached hydrogens (tertiary/aromatic N) is 1. The van der Waals surface area contributed by atoms with E-state index in [0.717, 1.165) is 17.2 Å². The maximum Gasteiger partial charge on any atom is 0.183 e. The van der Waals surface area contributed by atoms with Gasteiger partial charge in [-0.2, -0.15) is 0 Å². The van der Waals surface area contributed by atoms with Gasteiger partial charge >= 0.3 is 0 Å². The molecule has 0 spiro atoms. The van der Waals surface area contributed by atoms with E-state index >= 15 is 0 Å². The van der Waals surface area contributed by atoms with E-state index in [9.17, 15) is 0 Å². The lowest BCUT2D eigenvalue weighted by molar-refractivity contribution is 0.440. The van der Waals surface area contributed by atoms with Crippen molar-refractivity contribution in [2.75, 3.05) is 11.9 Å². The Balaban J connectivity index is 2.09. The molecule has 92 valence electrons. The molecule has 0 saturated heterocycles. The molecule has 1 heterocycles. The van der Waals surface area contributed by atoms with Crippen molar-refractivity contribution in [3.63, 3.8) is 0 Å². The van der Waals surface area contributed by atoms with E-state index in [2.05, 4.69) is 56.2 Å². The van der Waals surface area contributed by atoms with Crippen LogP contribution in [0.4, 0.5) is 5.13 Å². The van der Waals surface area contributed by atoms with E-state index in [0.29, 0.717) is 11.8 Å². The van der Waals surface area contributed by atoms with Crippen LogP contribution in [0.1, 0.15) is 26.3 Å². The van der Waals surface area contributed by atoms with E-state index in [-0.39, 0.29) is 0 Å². The molecule has 0 amide bonds. The summed E-state index contributed by atoms with van der Waals surface area (Å²) in [5.41, 5.74) is 2.39. The minimum Gasteiger partial charge on any atom is -0.361 e. The largest absolute Gasteiger partial charge is 0.361 e. The van der Waals surface area contributed by atoms with Gasteiger partial charge in [0.15, 0.2) is 5.13 Å². The second kappa shape index (κ2) is 5.05. The van der Waals surface area contributed by atoms with Crippen LogP contribution in [0.2, 0.25) is 0 Å². The molecule has 2 nitrogen and oxygen atoms in total. The smallest absolute Gasteiger partial charge is 0.183 e. The molecule has 0 radical (unpaired) electrons. The van der Waals surface area contributed by atoms with Gasteiger partial charge < -0.3 is 5.32 Å². The lowest BCUT2D eigenvalue weighted by atomic mass is 9.98. The van der Waals surface area contributed by atoms with Gasteiger partial charge in [0.05, 0.1) is 10.2 Å². The first-order valence-corrected chi connectivity index (χ1v) is 6.99. The fraction of sp³-hybridized carbons (Fsp3) is 0.500. The van der Waals surface area contributed by atoms with Crippen molar-refractivity contribution in [3.05, 3.63) is 23.8 Å². The fourth-order valence-electron chi connectivity index (χ4n) is 1.59. The molecule has 1 N–H and O–H groups in total. The van der Waals surface area contributed by atoms with Gasteiger partial charge in [0.2, 0.25) is 0 Å². The zero-order chi connectivity index (χ0) is 12.4. The van der Waals surface area contributed by atoms with Gasteiger partial charge in [-0.3, -0.25) is 0 Å². The van der Waals surface area contributed by atoms with Crippen LogP contribution in [0.3, 0.4) is 0 Å². The SMILES string of the molecule is Cc1ccc2nc(NCC(C)C(C)C)sc2c1. The first-order chi connectivity index (χ1) is 8.06. The maximum atomic E-state index is 4.59. The van der Waals surface area contributed by atoms with Crippen LogP contribution in [0.15, 0.2) is 18.2 Å². The molecule has 17 heavy (non-hydrogen) atoms. The molecular weight excluding hydrogens is 228 g/mol. The molecule has 1 atom stereocenters. The van der Waals surface area contributed by atoms with Gasteiger partial charge in [0, 0.05) is 6.54 Å². The van der Waals surface area contributed by atoms with Crippen LogP contribution in [0, 0.1) is 18.8 Å². The molecule has 0 fully saturated rings. The van der Waals surface area contributed by atoms with Gasteiger partial charge in [-0.05, 0) is 36.5 Å². The van der Waals surface area contributed by atoms with Gasteiger partial charge in [-0.15, -0.1) is 0 Å². The van der Waals surface area contributed by atoms with Crippen LogP contribution >= 0.6 is 11.3 Å². The average Bonchev–Trinajstić information content (AvgIpc) is 2.67. The molecule has 1 unspecified atom stereocenters. The summed E-state index contributed by atoms with van der Waals surface area (Å²) in [6.45, 7) is 9.90. The topological polar surface area (TPSA) is 24.9 Å². The summed E-state index contributed by atoms with van der Waals surface area (Å²) in [4.78, 5) is 4.59. The lowest BCUT2D eigenvalue weighted by Gasteiger charge is -2.15. The van der Waals surface area contributed by atoms with Crippen molar-refractivity contribution >= 4 is 26.7 Å². The Morgan fingerprint density at radius 3 is 2.76 bits per heavy atom. The van der Waals surface area contributed by atoms with E-state index in [1.807, 2.05) is 0 Å². The molecule has 1 aromatic heterocycles. The quantitative estimate of drug-likeness (QED) is 0.872. The fourth-order valence-corrected chi connectivity index (χ4v) is 2.56. The number of benzene rings is 1. The predicted octanol–water partition coefficient (Wildman–Crippen LogP) is 4.31. The number of nitrogens with one attached hydrogen (secondary N) is 1. The number of aryl methyl sites for hydroxylation is 1. The molecule has 0 saturated carbocycles. The molecule has 2 aromatic rings. The van der Waals surface area contributed by atoms with Crippen LogP contribution in [-0.2, 0) is 0 Å². The standard InChI is InChI=1S/C14H20N2S/c1-9(2)11(4)8-15-14-16-12-6-5-10(3)7-13(12)17-14/h5-7,9,11H,8H2,1-4H3,(H,15,16). The highest BCUT2D eigenvalue weighted by Crippen LogP contribution is 2.27. The van der Waals surface area contributed by atoms with Crippen LogP contribution in [0.5, 0.6) is 0 Å². The molecule has 0 aliphatic rings. The number of anilines is 1. The predicted molar refractivity (Wildman–Crippen MR) is 76.8 cm³/mol. The van der Waals surface area contributed by atoms with Crippen LogP contribution in [-0.4, -0.2) is 11.5 Å². The van der Waals surface area contributed by atoms with Gasteiger partial charge in [-0.25, -0.2) is 4.98 Å². The Kier molecular flexibility index (Phi) is 3.67. The average molecular weight is 248 g/mol. The second-order valence-electron chi connectivity index (χ2n) is 5.09. The molecule has 2 rings (SSSR count). The Morgan fingerprint density at radius 1 is 1.29 bits per heavy atom. The second-order valence-corrected chi connectivity index (χ2v) is 6.12. The number of hydrogen-bond donors (Lipinski definition) is 1. The zero-order valence-corrected chi connectivity index (χ0v) is 11.8. The molecule has 3 heteroatoms. The summed E-state index contributed by atoms with van der Waals surface area (Å²) in [6, 6.07) is 6.41. The first kappa shape index (κ1) is 12.4. The van der Waals surface area contributed by atoms with E-state index in [4.69, 9.17) is 0 Å². The van der Waals surface area contributed by atoms with Crippen molar-refractivity contribution in [2.24, 2.45) is 11.8 Å². The zero-order valence-electron chi connectivity index (χ0n) is 10.9. The molecule has 0 bridgehead atoms. The Morgan fingerprint density at radius 2 is 2.06 bits per heavy atom. The maximum absolute atomic E-state index is 4.59. The van der Waals surface area contributed by atoms with Crippen molar-refractivity contribution in [1.29, 1.82) is 0 Å². The molecule has 0 aliphatic heterocycles. The summed E-state index contributed by atoms with van der Waals surface area (Å²) in [5, 5.41) is 4.48. The Labute approximate surface area is 107 Å². The summed E-state index contributed by atoms with van der Waals surface area (Å²) in [6.07, 6.45) is 0. The van der Waals surface area contributed by atoms with E-state index < -0.39 is 0 Å². The highest BCUT2D eigenvalue weighted by Gasteiger charge is 2.08. The minimum absolute atomic E-state index is 0.670. The van der Waals surface area contributed by atoms with Crippen LogP contribution in [0.25, 0.3) is 10.2 Å². The summed E-state index contributed by atoms with van der Waals surface area (Å²) >= 11 is 1.74. The highest BCUT2D eigenvalue weighted by molar-refractivity contribution is 7.22. The summed E-state index contributed by atoms with van der Waals surface area (Å²) < 4.78 is 1.27. The Bertz CT molecular complexity index is 502. The monoisotopic (exact) mass is 248 g/mol. The number of thiazole rings is 1. The van der Waals surface area contributed by atoms with Gasteiger partial charge in [0.25, 0.3) is 0 Å². The van der Waals surface area contributed by atoms with Gasteiger partial charge in [-0.1, -0.05) is 38.2 Å². The van der Waals surface area contributed by atoms with Crippen molar-refractivity contribution < 1.29 is 0 Å².